The molecule has 1 aliphatic rings. The van der Waals surface area contributed by atoms with E-state index in [2.05, 4.69) is 48.0 Å². The second kappa shape index (κ2) is 12.8. The van der Waals surface area contributed by atoms with Gasteiger partial charge in [0, 0.05) is 36.0 Å². The fourth-order valence-electron chi connectivity index (χ4n) is 5.23. The average molecular weight is 539 g/mol. The first kappa shape index (κ1) is 28.2. The molecule has 0 amide bonds. The van der Waals surface area contributed by atoms with Gasteiger partial charge >= 0.3 is 0 Å². The molecule has 1 N–H and O–H groups in total. The molecule has 0 bridgehead atoms. The molecular formula is C30H38N2O5S. The van der Waals surface area contributed by atoms with E-state index in [4.69, 9.17) is 9.84 Å². The SMILES string of the molecule is Cc1ccc(-c2nn(CC3CCC(COC(C=O)CO)CC3)c(CCS(C)(=O)=O)c2-c2ccccc2)cc1. The summed E-state index contributed by atoms with van der Waals surface area (Å²) in [6, 6.07) is 18.4. The molecule has 0 spiro atoms. The van der Waals surface area contributed by atoms with E-state index in [9.17, 15) is 18.3 Å². The number of rotatable bonds is 12. The lowest BCUT2D eigenvalue weighted by Crippen LogP contribution is -2.27. The smallest absolute Gasteiger partial charge is 0.151 e. The molecule has 1 heterocycles. The third-order valence-electron chi connectivity index (χ3n) is 7.43. The predicted molar refractivity (Wildman–Crippen MR) is 150 cm³/mol. The highest BCUT2D eigenvalue weighted by atomic mass is 32.2. The number of aldehydes is 1. The summed E-state index contributed by atoms with van der Waals surface area (Å²) in [4.78, 5) is 10.9. The summed E-state index contributed by atoms with van der Waals surface area (Å²) >= 11 is 0. The van der Waals surface area contributed by atoms with Crippen molar-refractivity contribution in [1.82, 2.24) is 9.78 Å². The molecule has 3 aromatic rings. The van der Waals surface area contributed by atoms with E-state index in [0.29, 0.717) is 31.1 Å². The molecule has 204 valence electrons. The summed E-state index contributed by atoms with van der Waals surface area (Å²) in [5, 5.41) is 14.3. The Morgan fingerprint density at radius 3 is 2.29 bits per heavy atom. The molecule has 1 aliphatic carbocycles. The van der Waals surface area contributed by atoms with Crippen LogP contribution in [0.3, 0.4) is 0 Å². The quantitative estimate of drug-likeness (QED) is 0.341. The molecular weight excluding hydrogens is 500 g/mol. The van der Waals surface area contributed by atoms with Crippen LogP contribution in [0.2, 0.25) is 0 Å². The number of aliphatic hydroxyl groups is 1. The van der Waals surface area contributed by atoms with E-state index in [1.54, 1.807) is 0 Å². The first-order valence-corrected chi connectivity index (χ1v) is 15.4. The minimum atomic E-state index is -3.15. The third-order valence-corrected chi connectivity index (χ3v) is 8.38. The summed E-state index contributed by atoms with van der Waals surface area (Å²) < 4.78 is 32.0. The highest BCUT2D eigenvalue weighted by Crippen LogP contribution is 2.37. The number of aromatic nitrogens is 2. The van der Waals surface area contributed by atoms with E-state index >= 15 is 0 Å². The fraction of sp³-hybridized carbons (Fsp3) is 0.467. The van der Waals surface area contributed by atoms with Gasteiger partial charge in [-0.1, -0.05) is 60.2 Å². The van der Waals surface area contributed by atoms with Crippen LogP contribution in [0.4, 0.5) is 0 Å². The molecule has 1 aromatic heterocycles. The lowest BCUT2D eigenvalue weighted by atomic mass is 9.82. The number of carbonyl (C=O) groups is 1. The molecule has 38 heavy (non-hydrogen) atoms. The van der Waals surface area contributed by atoms with Crippen molar-refractivity contribution in [3.63, 3.8) is 0 Å². The summed E-state index contributed by atoms with van der Waals surface area (Å²) in [5.41, 5.74) is 6.07. The van der Waals surface area contributed by atoms with Crippen molar-refractivity contribution in [1.29, 1.82) is 0 Å². The van der Waals surface area contributed by atoms with Crippen LogP contribution in [0.5, 0.6) is 0 Å². The molecule has 1 saturated carbocycles. The molecule has 8 heteroatoms. The maximum absolute atomic E-state index is 12.2. The van der Waals surface area contributed by atoms with Crippen LogP contribution in [0, 0.1) is 18.8 Å². The maximum Gasteiger partial charge on any atom is 0.151 e. The van der Waals surface area contributed by atoms with Gasteiger partial charge in [0.25, 0.3) is 0 Å². The van der Waals surface area contributed by atoms with Gasteiger partial charge < -0.3 is 14.6 Å². The topological polar surface area (TPSA) is 98.5 Å². The minimum absolute atomic E-state index is 0.0682. The first-order valence-electron chi connectivity index (χ1n) is 13.3. The largest absolute Gasteiger partial charge is 0.393 e. The van der Waals surface area contributed by atoms with Crippen molar-refractivity contribution in [2.75, 3.05) is 25.2 Å². The molecule has 1 fully saturated rings. The molecule has 2 aromatic carbocycles. The monoisotopic (exact) mass is 538 g/mol. The number of nitrogens with zero attached hydrogens (tertiary/aromatic N) is 2. The molecule has 4 rings (SSSR count). The van der Waals surface area contributed by atoms with Crippen molar-refractivity contribution in [2.24, 2.45) is 11.8 Å². The van der Waals surface area contributed by atoms with Crippen molar-refractivity contribution in [3.05, 3.63) is 65.9 Å². The third kappa shape index (κ3) is 7.40. The zero-order chi connectivity index (χ0) is 27.1. The number of ether oxygens (including phenoxy) is 1. The van der Waals surface area contributed by atoms with Gasteiger partial charge in [-0.2, -0.15) is 5.10 Å². The molecule has 0 radical (unpaired) electrons. The van der Waals surface area contributed by atoms with Crippen LogP contribution >= 0.6 is 0 Å². The van der Waals surface area contributed by atoms with Gasteiger partial charge in [-0.3, -0.25) is 4.68 Å². The highest BCUT2D eigenvalue weighted by molar-refractivity contribution is 7.90. The van der Waals surface area contributed by atoms with Gasteiger partial charge in [0.15, 0.2) is 6.29 Å². The first-order chi connectivity index (χ1) is 18.3. The predicted octanol–water partition coefficient (Wildman–Crippen LogP) is 4.50. The lowest BCUT2D eigenvalue weighted by Gasteiger charge is -2.29. The van der Waals surface area contributed by atoms with Crippen molar-refractivity contribution in [2.45, 2.75) is 51.7 Å². The van der Waals surface area contributed by atoms with Crippen LogP contribution in [-0.2, 0) is 32.3 Å². The standard InChI is InChI=1S/C30H38N2O5S/c1-22-8-14-26(15-9-22)30-29(25-6-4-3-5-7-25)28(16-17-38(2,35)36)32(31-30)18-23-10-12-24(13-11-23)21-37-27(19-33)20-34/h3-9,14-15,19,23-24,27,34H,10-13,16-18,20-21H2,1-2H3. The second-order valence-electron chi connectivity index (χ2n) is 10.5. The number of hydrogen-bond donors (Lipinski definition) is 1. The van der Waals surface area contributed by atoms with Crippen LogP contribution in [-0.4, -0.2) is 60.9 Å². The Morgan fingerprint density at radius 1 is 1.03 bits per heavy atom. The summed E-state index contributed by atoms with van der Waals surface area (Å²) in [5.74, 6) is 0.849. The van der Waals surface area contributed by atoms with E-state index in [1.165, 1.54) is 11.8 Å². The zero-order valence-corrected chi connectivity index (χ0v) is 23.1. The van der Waals surface area contributed by atoms with Gasteiger partial charge in [-0.05, 0) is 50.0 Å². The molecule has 1 atom stereocenters. The molecule has 1 unspecified atom stereocenters. The normalized spacial score (nSPS) is 18.8. The Bertz CT molecular complexity index is 1290. The van der Waals surface area contributed by atoms with E-state index in [1.807, 2.05) is 18.2 Å². The molecule has 0 saturated heterocycles. The molecule has 7 nitrogen and oxygen atoms in total. The van der Waals surface area contributed by atoms with Gasteiger partial charge in [-0.25, -0.2) is 8.42 Å². The van der Waals surface area contributed by atoms with E-state index < -0.39 is 15.9 Å². The summed E-state index contributed by atoms with van der Waals surface area (Å²) in [6.45, 7) is 2.98. The van der Waals surface area contributed by atoms with Crippen LogP contribution in [0.25, 0.3) is 22.4 Å². The van der Waals surface area contributed by atoms with Gasteiger partial charge in [-0.15, -0.1) is 0 Å². The van der Waals surface area contributed by atoms with Crippen molar-refractivity contribution < 1.29 is 23.1 Å². The second-order valence-corrected chi connectivity index (χ2v) is 12.8. The van der Waals surface area contributed by atoms with E-state index in [0.717, 1.165) is 60.3 Å². The van der Waals surface area contributed by atoms with Gasteiger partial charge in [0.05, 0.1) is 19.0 Å². The van der Waals surface area contributed by atoms with Gasteiger partial charge in [0.2, 0.25) is 0 Å². The number of carbonyl (C=O) groups excluding carboxylic acids is 1. The Labute approximate surface area is 225 Å². The van der Waals surface area contributed by atoms with Crippen molar-refractivity contribution >= 4 is 16.1 Å². The average Bonchev–Trinajstić information content (AvgIpc) is 3.27. The highest BCUT2D eigenvalue weighted by Gasteiger charge is 2.26. The van der Waals surface area contributed by atoms with E-state index in [-0.39, 0.29) is 12.4 Å². The number of sulfone groups is 1. The summed E-state index contributed by atoms with van der Waals surface area (Å²) in [7, 11) is -3.15. The fourth-order valence-corrected chi connectivity index (χ4v) is 5.79. The maximum atomic E-state index is 12.2. The van der Waals surface area contributed by atoms with Crippen LogP contribution < -0.4 is 0 Å². The minimum Gasteiger partial charge on any atom is -0.393 e. The van der Waals surface area contributed by atoms with Gasteiger partial charge in [0.1, 0.15) is 21.6 Å². The Morgan fingerprint density at radius 2 is 1.68 bits per heavy atom. The van der Waals surface area contributed by atoms with Crippen LogP contribution in [0.15, 0.2) is 54.6 Å². The Hall–Kier alpha value is -2.81. The zero-order valence-electron chi connectivity index (χ0n) is 22.3. The molecule has 0 aliphatic heterocycles. The number of aliphatic hydroxyl groups excluding tert-OH is 1. The Kier molecular flexibility index (Phi) is 9.52. The number of hydrogen-bond acceptors (Lipinski definition) is 6. The van der Waals surface area contributed by atoms with Crippen molar-refractivity contribution in [3.8, 4) is 22.4 Å². The lowest BCUT2D eigenvalue weighted by molar-refractivity contribution is -0.121. The number of aryl methyl sites for hydroxylation is 1. The van der Waals surface area contributed by atoms with Crippen LogP contribution in [0.1, 0.15) is 36.9 Å². The summed E-state index contributed by atoms with van der Waals surface area (Å²) in [6.07, 6.45) is 5.57. The number of benzene rings is 2. The Balaban J connectivity index is 1.62.